The van der Waals surface area contributed by atoms with Gasteiger partial charge in [0.25, 0.3) is 0 Å². The molecule has 1 atom stereocenters. The second-order valence-electron chi connectivity index (χ2n) is 4.90. The number of rotatable bonds is 7. The maximum absolute atomic E-state index is 11.2. The molecule has 1 unspecified atom stereocenters. The summed E-state index contributed by atoms with van der Waals surface area (Å²) >= 11 is 0. The largest absolute Gasteiger partial charge is 0.469 e. The molecule has 5 nitrogen and oxygen atoms in total. The molecule has 0 aliphatic rings. The molecule has 0 saturated carbocycles. The van der Waals surface area contributed by atoms with Crippen molar-refractivity contribution in [3.63, 3.8) is 0 Å². The number of aromatic nitrogens is 1. The van der Waals surface area contributed by atoms with Crippen molar-refractivity contribution in [2.24, 2.45) is 0 Å². The quantitative estimate of drug-likeness (QED) is 0.625. The molecule has 22 heavy (non-hydrogen) atoms. The van der Waals surface area contributed by atoms with Crippen LogP contribution in [0.2, 0.25) is 0 Å². The van der Waals surface area contributed by atoms with Crippen LogP contribution >= 0.6 is 0 Å². The standard InChI is InChI=1S/C17H18N2O3/c1-22-17(21)10-14-6-4-13(5-7-14)9-16(19-12-20)15-3-2-8-18-11-15/h2-8,11-12,16H,9-10H2,1H3,(H,19,20). The van der Waals surface area contributed by atoms with Gasteiger partial charge in [-0.2, -0.15) is 0 Å². The lowest BCUT2D eigenvalue weighted by Crippen LogP contribution is -2.21. The minimum atomic E-state index is -0.261. The fourth-order valence-corrected chi connectivity index (χ4v) is 2.20. The van der Waals surface area contributed by atoms with Crippen molar-refractivity contribution < 1.29 is 14.3 Å². The molecule has 0 fully saturated rings. The average Bonchev–Trinajstić information content (AvgIpc) is 2.57. The first-order valence-corrected chi connectivity index (χ1v) is 6.97. The van der Waals surface area contributed by atoms with Crippen LogP contribution in [0.1, 0.15) is 22.7 Å². The fraction of sp³-hybridized carbons (Fsp3) is 0.235. The van der Waals surface area contributed by atoms with E-state index < -0.39 is 0 Å². The van der Waals surface area contributed by atoms with Crippen LogP contribution < -0.4 is 5.32 Å². The monoisotopic (exact) mass is 298 g/mol. The van der Waals surface area contributed by atoms with Gasteiger partial charge in [0.1, 0.15) is 0 Å². The third kappa shape index (κ3) is 4.41. The SMILES string of the molecule is COC(=O)Cc1ccc(CC(NC=O)c2cccnc2)cc1. The Morgan fingerprint density at radius 2 is 2.00 bits per heavy atom. The van der Waals surface area contributed by atoms with Crippen LogP contribution in [0.15, 0.2) is 48.8 Å². The second-order valence-corrected chi connectivity index (χ2v) is 4.90. The number of amides is 1. The highest BCUT2D eigenvalue weighted by atomic mass is 16.5. The normalized spacial score (nSPS) is 11.5. The predicted octanol–water partition coefficient (Wildman–Crippen LogP) is 1.83. The Kier molecular flexibility index (Phi) is 5.65. The van der Waals surface area contributed by atoms with Gasteiger partial charge >= 0.3 is 5.97 Å². The van der Waals surface area contributed by atoms with E-state index in [0.29, 0.717) is 12.8 Å². The molecule has 2 rings (SSSR count). The van der Waals surface area contributed by atoms with Gasteiger partial charge in [-0.1, -0.05) is 30.3 Å². The molecule has 1 aromatic carbocycles. The van der Waals surface area contributed by atoms with Crippen molar-refractivity contribution in [1.29, 1.82) is 0 Å². The van der Waals surface area contributed by atoms with Crippen LogP contribution in [-0.4, -0.2) is 24.5 Å². The van der Waals surface area contributed by atoms with E-state index in [9.17, 15) is 9.59 Å². The van der Waals surface area contributed by atoms with E-state index in [0.717, 1.165) is 16.7 Å². The average molecular weight is 298 g/mol. The van der Waals surface area contributed by atoms with Crippen molar-refractivity contribution in [3.8, 4) is 0 Å². The Balaban J connectivity index is 2.07. The van der Waals surface area contributed by atoms with Crippen molar-refractivity contribution in [3.05, 3.63) is 65.5 Å². The van der Waals surface area contributed by atoms with E-state index in [1.807, 2.05) is 36.4 Å². The van der Waals surface area contributed by atoms with Gasteiger partial charge in [0, 0.05) is 12.4 Å². The smallest absolute Gasteiger partial charge is 0.309 e. The highest BCUT2D eigenvalue weighted by Gasteiger charge is 2.11. The first-order chi connectivity index (χ1) is 10.7. The number of esters is 1. The van der Waals surface area contributed by atoms with E-state index >= 15 is 0 Å². The highest BCUT2D eigenvalue weighted by Crippen LogP contribution is 2.18. The number of benzene rings is 1. The Morgan fingerprint density at radius 3 is 2.59 bits per heavy atom. The molecule has 1 heterocycles. The molecule has 114 valence electrons. The number of methoxy groups -OCH3 is 1. The van der Waals surface area contributed by atoms with E-state index in [-0.39, 0.29) is 18.4 Å². The van der Waals surface area contributed by atoms with Crippen LogP contribution in [0.4, 0.5) is 0 Å². The predicted molar refractivity (Wildman–Crippen MR) is 82.0 cm³/mol. The first-order valence-electron chi connectivity index (χ1n) is 6.97. The third-order valence-corrected chi connectivity index (χ3v) is 3.39. The van der Waals surface area contributed by atoms with Crippen molar-refractivity contribution in [2.75, 3.05) is 7.11 Å². The maximum Gasteiger partial charge on any atom is 0.309 e. The number of nitrogens with one attached hydrogen (secondary N) is 1. The number of hydrogen-bond donors (Lipinski definition) is 1. The molecule has 0 aliphatic carbocycles. The lowest BCUT2D eigenvalue weighted by Gasteiger charge is -2.16. The van der Waals surface area contributed by atoms with E-state index in [2.05, 4.69) is 15.0 Å². The Bertz CT molecular complexity index is 612. The molecule has 0 aliphatic heterocycles. The maximum atomic E-state index is 11.2. The zero-order chi connectivity index (χ0) is 15.8. The summed E-state index contributed by atoms with van der Waals surface area (Å²) in [6, 6.07) is 11.3. The molecule has 0 spiro atoms. The molecule has 0 bridgehead atoms. The van der Waals surface area contributed by atoms with Crippen LogP contribution in [-0.2, 0) is 27.2 Å². The summed E-state index contributed by atoms with van der Waals surface area (Å²) in [5, 5.41) is 2.81. The molecule has 2 aromatic rings. The Hall–Kier alpha value is -2.69. The molecule has 1 aromatic heterocycles. The van der Waals surface area contributed by atoms with E-state index in [1.165, 1.54) is 7.11 Å². The summed E-state index contributed by atoms with van der Waals surface area (Å²) in [5.41, 5.74) is 2.92. The summed E-state index contributed by atoms with van der Waals surface area (Å²) in [6.45, 7) is 0. The summed E-state index contributed by atoms with van der Waals surface area (Å²) in [6.07, 6.45) is 5.05. The number of carbonyl (C=O) groups excluding carboxylic acids is 2. The number of carbonyl (C=O) groups is 2. The Morgan fingerprint density at radius 1 is 1.27 bits per heavy atom. The third-order valence-electron chi connectivity index (χ3n) is 3.39. The number of nitrogens with zero attached hydrogens (tertiary/aromatic N) is 1. The summed E-state index contributed by atoms with van der Waals surface area (Å²) < 4.78 is 4.64. The molecule has 0 saturated heterocycles. The molecular formula is C17H18N2O3. The lowest BCUT2D eigenvalue weighted by molar-refractivity contribution is -0.139. The molecule has 1 amide bonds. The van der Waals surface area contributed by atoms with Crippen LogP contribution in [0.25, 0.3) is 0 Å². The topological polar surface area (TPSA) is 68.3 Å². The van der Waals surface area contributed by atoms with Gasteiger partial charge < -0.3 is 10.1 Å². The molecule has 5 heteroatoms. The minimum absolute atomic E-state index is 0.127. The summed E-state index contributed by atoms with van der Waals surface area (Å²) in [7, 11) is 1.38. The van der Waals surface area contributed by atoms with E-state index in [1.54, 1.807) is 12.4 Å². The van der Waals surface area contributed by atoms with Gasteiger partial charge in [-0.05, 0) is 29.2 Å². The van der Waals surface area contributed by atoms with E-state index in [4.69, 9.17) is 0 Å². The molecular weight excluding hydrogens is 280 g/mol. The van der Waals surface area contributed by atoms with Crippen molar-refractivity contribution in [1.82, 2.24) is 10.3 Å². The zero-order valence-corrected chi connectivity index (χ0v) is 12.4. The molecule has 1 N–H and O–H groups in total. The van der Waals surface area contributed by atoms with Gasteiger partial charge in [0.2, 0.25) is 6.41 Å². The van der Waals surface area contributed by atoms with Crippen molar-refractivity contribution >= 4 is 12.4 Å². The summed E-state index contributed by atoms with van der Waals surface area (Å²) in [4.78, 5) is 26.1. The first kappa shape index (κ1) is 15.7. The van der Waals surface area contributed by atoms with Crippen LogP contribution in [0.5, 0.6) is 0 Å². The van der Waals surface area contributed by atoms with Crippen LogP contribution in [0.3, 0.4) is 0 Å². The van der Waals surface area contributed by atoms with Gasteiger partial charge in [0.05, 0.1) is 19.6 Å². The lowest BCUT2D eigenvalue weighted by atomic mass is 9.99. The summed E-state index contributed by atoms with van der Waals surface area (Å²) in [5.74, 6) is -0.261. The fourth-order valence-electron chi connectivity index (χ4n) is 2.20. The highest BCUT2D eigenvalue weighted by molar-refractivity contribution is 5.72. The van der Waals surface area contributed by atoms with Gasteiger partial charge in [-0.3, -0.25) is 14.6 Å². The number of pyridine rings is 1. The van der Waals surface area contributed by atoms with Gasteiger partial charge in [-0.25, -0.2) is 0 Å². The zero-order valence-electron chi connectivity index (χ0n) is 12.4. The van der Waals surface area contributed by atoms with Gasteiger partial charge in [0.15, 0.2) is 0 Å². The Labute approximate surface area is 129 Å². The number of ether oxygens (including phenoxy) is 1. The molecule has 0 radical (unpaired) electrons. The van der Waals surface area contributed by atoms with Crippen molar-refractivity contribution in [2.45, 2.75) is 18.9 Å². The number of hydrogen-bond acceptors (Lipinski definition) is 4. The second kappa shape index (κ2) is 7.93. The van der Waals surface area contributed by atoms with Gasteiger partial charge in [-0.15, -0.1) is 0 Å². The van der Waals surface area contributed by atoms with Crippen LogP contribution in [0, 0.1) is 0 Å². The minimum Gasteiger partial charge on any atom is -0.469 e.